The first-order chi connectivity index (χ1) is 5.47. The highest BCUT2D eigenvalue weighted by Gasteiger charge is 1.95. The van der Waals surface area contributed by atoms with E-state index >= 15 is 0 Å². The molecule has 0 aliphatic rings. The molecule has 1 radical (unpaired) electrons. The molecule has 2 rings (SSSR count). The molecule has 0 atom stereocenters. The molecule has 0 fully saturated rings. The topological polar surface area (TPSA) is 28.7 Å². The van der Waals surface area contributed by atoms with E-state index in [1.807, 2.05) is 30.5 Å². The van der Waals surface area contributed by atoms with Gasteiger partial charge in [-0.05, 0) is 6.07 Å². The number of hydrogen-bond donors (Lipinski definition) is 1. The number of benzene rings is 1. The lowest BCUT2D eigenvalue weighted by molar-refractivity contribution is 1.31. The molecule has 0 saturated carbocycles. The van der Waals surface area contributed by atoms with Crippen LogP contribution in [0.4, 0.5) is 0 Å². The fourth-order valence-corrected chi connectivity index (χ4v) is 0.976. The minimum Gasteiger partial charge on any atom is -0.351 e. The Morgan fingerprint density at radius 2 is 2.09 bits per heavy atom. The molecule has 0 saturated heterocycles. The summed E-state index contributed by atoms with van der Waals surface area (Å²) in [6.07, 6.45) is 3.54. The molecular weight excluding hydrogens is 136 g/mol. The number of nitrogens with zero attached hydrogens (tertiary/aromatic N) is 1. The average molecular weight is 143 g/mol. The molecule has 0 amide bonds. The Balaban J connectivity index is 2.46. The van der Waals surface area contributed by atoms with Gasteiger partial charge < -0.3 is 4.98 Å². The van der Waals surface area contributed by atoms with Crippen molar-refractivity contribution in [3.05, 3.63) is 42.9 Å². The lowest BCUT2D eigenvalue weighted by atomic mass is 10.2. The van der Waals surface area contributed by atoms with Gasteiger partial charge in [0.2, 0.25) is 0 Å². The highest BCUT2D eigenvalue weighted by molar-refractivity contribution is 5.57. The highest BCUT2D eigenvalue weighted by Crippen LogP contribution is 2.13. The molecule has 53 valence electrons. The maximum Gasteiger partial charge on any atom is 0.0927 e. The number of rotatable bonds is 1. The summed E-state index contributed by atoms with van der Waals surface area (Å²) in [6.45, 7) is 0. The van der Waals surface area contributed by atoms with Gasteiger partial charge in [-0.3, -0.25) is 0 Å². The maximum atomic E-state index is 4.12. The third-order valence-electron chi connectivity index (χ3n) is 1.51. The Morgan fingerprint density at radius 3 is 2.73 bits per heavy atom. The zero-order valence-electron chi connectivity index (χ0n) is 5.91. The second-order valence-electron chi connectivity index (χ2n) is 2.24. The standard InChI is InChI=1S/C9H7N2/c1-2-4-8(5-3-1)9-6-10-7-11-9/h2-7H,(H,10,11). The fraction of sp³-hybridized carbons (Fsp3) is 0. The number of imidazole rings is 1. The van der Waals surface area contributed by atoms with Crippen LogP contribution in [0.15, 0.2) is 36.8 Å². The van der Waals surface area contributed by atoms with Crippen LogP contribution in [0, 0.1) is 6.07 Å². The van der Waals surface area contributed by atoms with Crippen LogP contribution in [-0.2, 0) is 0 Å². The second kappa shape index (κ2) is 2.58. The molecule has 1 aromatic heterocycles. The Labute approximate surface area is 64.9 Å². The zero-order chi connectivity index (χ0) is 7.52. The summed E-state index contributed by atoms with van der Waals surface area (Å²) in [4.78, 5) is 7.02. The smallest absolute Gasteiger partial charge is 0.0927 e. The molecule has 2 heteroatoms. The monoisotopic (exact) mass is 143 g/mol. The van der Waals surface area contributed by atoms with Crippen molar-refractivity contribution in [2.24, 2.45) is 0 Å². The maximum absolute atomic E-state index is 4.12. The molecular formula is C9H7N2. The van der Waals surface area contributed by atoms with Gasteiger partial charge in [0, 0.05) is 11.8 Å². The predicted molar refractivity (Wildman–Crippen MR) is 42.9 cm³/mol. The predicted octanol–water partition coefficient (Wildman–Crippen LogP) is 1.88. The SMILES string of the molecule is [c]1ccc(-c2c[nH]cn2)cc1. The van der Waals surface area contributed by atoms with Gasteiger partial charge in [0.1, 0.15) is 0 Å². The van der Waals surface area contributed by atoms with E-state index < -0.39 is 0 Å². The van der Waals surface area contributed by atoms with Crippen molar-refractivity contribution in [2.45, 2.75) is 0 Å². The first-order valence-corrected chi connectivity index (χ1v) is 3.42. The number of aromatic nitrogens is 2. The van der Waals surface area contributed by atoms with Crippen molar-refractivity contribution in [2.75, 3.05) is 0 Å². The third kappa shape index (κ3) is 1.15. The fourth-order valence-electron chi connectivity index (χ4n) is 0.976. The molecule has 2 nitrogen and oxygen atoms in total. The summed E-state index contributed by atoms with van der Waals surface area (Å²) < 4.78 is 0. The molecule has 0 aliphatic heterocycles. The van der Waals surface area contributed by atoms with E-state index in [-0.39, 0.29) is 0 Å². The van der Waals surface area contributed by atoms with Gasteiger partial charge in [0.05, 0.1) is 12.0 Å². The molecule has 0 spiro atoms. The largest absolute Gasteiger partial charge is 0.351 e. The summed E-state index contributed by atoms with van der Waals surface area (Å²) in [7, 11) is 0. The Bertz CT molecular complexity index is 311. The van der Waals surface area contributed by atoms with E-state index in [0.29, 0.717) is 0 Å². The molecule has 0 unspecified atom stereocenters. The van der Waals surface area contributed by atoms with Gasteiger partial charge in [-0.1, -0.05) is 24.3 Å². The van der Waals surface area contributed by atoms with Crippen LogP contribution in [-0.4, -0.2) is 9.97 Å². The van der Waals surface area contributed by atoms with Crippen LogP contribution in [0.3, 0.4) is 0 Å². The van der Waals surface area contributed by atoms with Crippen molar-refractivity contribution in [1.29, 1.82) is 0 Å². The molecule has 1 aromatic carbocycles. The second-order valence-corrected chi connectivity index (χ2v) is 2.24. The zero-order valence-corrected chi connectivity index (χ0v) is 5.91. The molecule has 11 heavy (non-hydrogen) atoms. The summed E-state index contributed by atoms with van der Waals surface area (Å²) in [5.41, 5.74) is 2.09. The highest BCUT2D eigenvalue weighted by atomic mass is 14.9. The van der Waals surface area contributed by atoms with Gasteiger partial charge in [0.25, 0.3) is 0 Å². The summed E-state index contributed by atoms with van der Waals surface area (Å²) in [5, 5.41) is 0. The quantitative estimate of drug-likeness (QED) is 0.648. The van der Waals surface area contributed by atoms with Crippen LogP contribution >= 0.6 is 0 Å². The molecule has 0 aliphatic carbocycles. The van der Waals surface area contributed by atoms with Gasteiger partial charge in [-0.25, -0.2) is 4.98 Å². The van der Waals surface area contributed by atoms with Crippen LogP contribution in [0.1, 0.15) is 0 Å². The van der Waals surface area contributed by atoms with E-state index in [1.54, 1.807) is 6.33 Å². The number of H-pyrrole nitrogens is 1. The number of aromatic amines is 1. The van der Waals surface area contributed by atoms with E-state index in [9.17, 15) is 0 Å². The van der Waals surface area contributed by atoms with Crippen molar-refractivity contribution in [3.63, 3.8) is 0 Å². The van der Waals surface area contributed by atoms with E-state index in [2.05, 4.69) is 16.0 Å². The van der Waals surface area contributed by atoms with Gasteiger partial charge in [-0.2, -0.15) is 0 Å². The Morgan fingerprint density at radius 1 is 1.27 bits per heavy atom. The number of hydrogen-bond acceptors (Lipinski definition) is 1. The summed E-state index contributed by atoms with van der Waals surface area (Å²) >= 11 is 0. The third-order valence-corrected chi connectivity index (χ3v) is 1.51. The van der Waals surface area contributed by atoms with Crippen LogP contribution in [0.5, 0.6) is 0 Å². The van der Waals surface area contributed by atoms with Gasteiger partial charge >= 0.3 is 0 Å². The van der Waals surface area contributed by atoms with E-state index in [0.717, 1.165) is 11.3 Å². The van der Waals surface area contributed by atoms with Gasteiger partial charge in [0.15, 0.2) is 0 Å². The van der Waals surface area contributed by atoms with Crippen molar-refractivity contribution >= 4 is 0 Å². The molecule has 0 bridgehead atoms. The van der Waals surface area contributed by atoms with Crippen molar-refractivity contribution in [1.82, 2.24) is 9.97 Å². The summed E-state index contributed by atoms with van der Waals surface area (Å²) in [5.74, 6) is 0. The summed E-state index contributed by atoms with van der Waals surface area (Å²) in [6, 6.07) is 10.7. The number of nitrogens with one attached hydrogen (secondary N) is 1. The molecule has 1 N–H and O–H groups in total. The molecule has 2 aromatic rings. The van der Waals surface area contributed by atoms with Crippen LogP contribution in [0.25, 0.3) is 11.3 Å². The van der Waals surface area contributed by atoms with Crippen LogP contribution in [0.2, 0.25) is 0 Å². The van der Waals surface area contributed by atoms with Crippen LogP contribution < -0.4 is 0 Å². The first-order valence-electron chi connectivity index (χ1n) is 3.42. The first kappa shape index (κ1) is 6.16. The van der Waals surface area contributed by atoms with Crippen molar-refractivity contribution in [3.8, 4) is 11.3 Å². The van der Waals surface area contributed by atoms with Crippen molar-refractivity contribution < 1.29 is 0 Å². The van der Waals surface area contributed by atoms with E-state index in [4.69, 9.17) is 0 Å². The lowest BCUT2D eigenvalue weighted by Crippen LogP contribution is -1.73. The van der Waals surface area contributed by atoms with Gasteiger partial charge in [-0.15, -0.1) is 0 Å². The minimum atomic E-state index is 0.971. The van der Waals surface area contributed by atoms with E-state index in [1.165, 1.54) is 0 Å². The average Bonchev–Trinajstić information content (AvgIpc) is 2.58. The lowest BCUT2D eigenvalue weighted by Gasteiger charge is -1.91. The molecule has 1 heterocycles. The normalized spacial score (nSPS) is 9.82. The Hall–Kier alpha value is -1.57. The Kier molecular flexibility index (Phi) is 1.44. The minimum absolute atomic E-state index is 0.971.